The number of aliphatic carboxylic acids is 1. The van der Waals surface area contributed by atoms with Crippen molar-refractivity contribution in [1.82, 2.24) is 9.88 Å². The van der Waals surface area contributed by atoms with Gasteiger partial charge in [-0.1, -0.05) is 18.2 Å². The van der Waals surface area contributed by atoms with Gasteiger partial charge in [-0.2, -0.15) is 0 Å². The number of carboxylic acids is 1. The molecule has 0 amide bonds. The molecule has 0 saturated carbocycles. The lowest BCUT2D eigenvalue weighted by Gasteiger charge is -2.38. The van der Waals surface area contributed by atoms with Crippen LogP contribution in [0.3, 0.4) is 0 Å². The number of carbonyl (C=O) groups is 1. The summed E-state index contributed by atoms with van der Waals surface area (Å²) in [6.07, 6.45) is 0. The molecule has 1 aliphatic rings. The smallest absolute Gasteiger partial charge is 0.327 e. The number of hydrogen-bond acceptors (Lipinski definition) is 3. The molecule has 2 N–H and O–H groups in total. The Labute approximate surface area is 150 Å². The van der Waals surface area contributed by atoms with Crippen molar-refractivity contribution in [1.29, 1.82) is 0 Å². The highest BCUT2D eigenvalue weighted by molar-refractivity contribution is 5.83. The topological polar surface area (TPSA) is 59.6 Å². The highest BCUT2D eigenvalue weighted by Crippen LogP contribution is 2.27. The lowest BCUT2D eigenvalue weighted by Crippen LogP contribution is -2.49. The number of rotatable bonds is 4. The van der Waals surface area contributed by atoms with Crippen LogP contribution >= 0.6 is 0 Å². The minimum atomic E-state index is -0.855. The van der Waals surface area contributed by atoms with Gasteiger partial charge >= 0.3 is 5.97 Å². The fourth-order valence-corrected chi connectivity index (χ4v) is 3.62. The molecule has 0 radical (unpaired) electrons. The van der Waals surface area contributed by atoms with Crippen LogP contribution in [0.5, 0.6) is 0 Å². The van der Waals surface area contributed by atoms with Gasteiger partial charge in [0.15, 0.2) is 0 Å². The maximum Gasteiger partial charge on any atom is 0.327 e. The average molecular weight is 353 g/mol. The predicted molar refractivity (Wildman–Crippen MR) is 98.9 cm³/mol. The van der Waals surface area contributed by atoms with Crippen LogP contribution in [0.15, 0.2) is 54.6 Å². The first kappa shape index (κ1) is 16.6. The monoisotopic (exact) mass is 353 g/mol. The number of para-hydroxylation sites is 1. The number of nitrogens with zero attached hydrogens (tertiary/aromatic N) is 2. The molecule has 134 valence electrons. The average Bonchev–Trinajstić information content (AvgIpc) is 3.06. The van der Waals surface area contributed by atoms with Gasteiger partial charge in [0.1, 0.15) is 11.9 Å². The van der Waals surface area contributed by atoms with Crippen molar-refractivity contribution in [2.75, 3.05) is 31.1 Å². The van der Waals surface area contributed by atoms with Gasteiger partial charge in [-0.25, -0.2) is 4.39 Å². The van der Waals surface area contributed by atoms with E-state index in [1.165, 1.54) is 12.1 Å². The summed E-state index contributed by atoms with van der Waals surface area (Å²) in [6, 6.07) is 15.4. The third kappa shape index (κ3) is 3.15. The van der Waals surface area contributed by atoms with Gasteiger partial charge in [0.2, 0.25) is 0 Å². The number of fused-ring (bicyclic) bond motifs is 1. The summed E-state index contributed by atoms with van der Waals surface area (Å²) in [7, 11) is 0. The first-order chi connectivity index (χ1) is 12.6. The van der Waals surface area contributed by atoms with Crippen LogP contribution in [0, 0.1) is 5.82 Å². The maximum absolute atomic E-state index is 13.1. The van der Waals surface area contributed by atoms with Gasteiger partial charge in [0.05, 0.1) is 0 Å². The zero-order valence-corrected chi connectivity index (χ0v) is 14.2. The molecule has 1 aromatic heterocycles. The summed E-state index contributed by atoms with van der Waals surface area (Å²) in [6.45, 7) is 2.67. The molecule has 0 spiro atoms. The lowest BCUT2D eigenvalue weighted by molar-refractivity contribution is -0.143. The Morgan fingerprint density at radius 3 is 2.38 bits per heavy atom. The maximum atomic E-state index is 13.1. The second-order valence-corrected chi connectivity index (χ2v) is 6.55. The lowest BCUT2D eigenvalue weighted by atomic mass is 10.1. The van der Waals surface area contributed by atoms with Gasteiger partial charge in [-0.3, -0.25) is 9.69 Å². The second-order valence-electron chi connectivity index (χ2n) is 6.55. The Kier molecular flexibility index (Phi) is 4.34. The highest BCUT2D eigenvalue weighted by Gasteiger charge is 2.31. The van der Waals surface area contributed by atoms with Gasteiger partial charge in [0.25, 0.3) is 0 Å². The van der Waals surface area contributed by atoms with E-state index in [2.05, 4.69) is 9.88 Å². The molecule has 0 aliphatic carbocycles. The molecule has 1 unspecified atom stereocenters. The molecule has 1 fully saturated rings. The second kappa shape index (κ2) is 6.80. The van der Waals surface area contributed by atoms with E-state index in [1.54, 1.807) is 12.1 Å². The first-order valence-electron chi connectivity index (χ1n) is 8.67. The summed E-state index contributed by atoms with van der Waals surface area (Å²) >= 11 is 0. The van der Waals surface area contributed by atoms with Crippen molar-refractivity contribution >= 4 is 22.6 Å². The molecular formula is C20H20FN3O2. The minimum Gasteiger partial charge on any atom is -0.480 e. The molecule has 6 heteroatoms. The Bertz CT molecular complexity index is 881. The molecule has 5 nitrogen and oxygen atoms in total. The molecular weight excluding hydrogens is 333 g/mol. The normalized spacial score (nSPS) is 16.7. The van der Waals surface area contributed by atoms with Crippen LogP contribution in [-0.4, -0.2) is 47.1 Å². The van der Waals surface area contributed by atoms with E-state index < -0.39 is 12.0 Å². The van der Waals surface area contributed by atoms with Crippen LogP contribution in [0.2, 0.25) is 0 Å². The van der Waals surface area contributed by atoms with Crippen molar-refractivity contribution in [3.05, 3.63) is 66.1 Å². The zero-order valence-electron chi connectivity index (χ0n) is 14.2. The van der Waals surface area contributed by atoms with Gasteiger partial charge in [-0.15, -0.1) is 0 Å². The first-order valence-corrected chi connectivity index (χ1v) is 8.67. The molecule has 1 atom stereocenters. The Morgan fingerprint density at radius 2 is 1.73 bits per heavy atom. The van der Waals surface area contributed by atoms with Crippen molar-refractivity contribution < 1.29 is 14.3 Å². The Morgan fingerprint density at radius 1 is 1.04 bits per heavy atom. The number of benzene rings is 2. The van der Waals surface area contributed by atoms with Crippen molar-refractivity contribution in [3.63, 3.8) is 0 Å². The van der Waals surface area contributed by atoms with Crippen LogP contribution in [0.1, 0.15) is 11.7 Å². The largest absolute Gasteiger partial charge is 0.480 e. The number of halogens is 1. The molecule has 0 bridgehead atoms. The molecule has 4 rings (SSSR count). The summed E-state index contributed by atoms with van der Waals surface area (Å²) < 4.78 is 13.1. The van der Waals surface area contributed by atoms with E-state index in [0.717, 1.165) is 16.6 Å². The summed E-state index contributed by atoms with van der Waals surface area (Å²) in [5.41, 5.74) is 2.61. The molecule has 3 aromatic rings. The fraction of sp³-hybridized carbons (Fsp3) is 0.250. The summed E-state index contributed by atoms with van der Waals surface area (Å²) in [5.74, 6) is -1.11. The molecule has 1 saturated heterocycles. The Balaban J connectivity index is 1.52. The number of aromatic amines is 1. The molecule has 2 heterocycles. The van der Waals surface area contributed by atoms with Gasteiger partial charge < -0.3 is 15.0 Å². The third-order valence-electron chi connectivity index (χ3n) is 4.95. The van der Waals surface area contributed by atoms with Crippen LogP contribution < -0.4 is 4.90 Å². The van der Waals surface area contributed by atoms with E-state index in [4.69, 9.17) is 0 Å². The number of carboxylic acid groups (broad SMARTS) is 1. The van der Waals surface area contributed by atoms with E-state index in [0.29, 0.717) is 31.9 Å². The van der Waals surface area contributed by atoms with Crippen molar-refractivity contribution in [3.8, 4) is 0 Å². The number of nitrogens with one attached hydrogen (secondary N) is 1. The van der Waals surface area contributed by atoms with E-state index >= 15 is 0 Å². The third-order valence-corrected chi connectivity index (χ3v) is 4.95. The number of H-pyrrole nitrogens is 1. The van der Waals surface area contributed by atoms with Crippen LogP contribution in [0.4, 0.5) is 10.1 Å². The minimum absolute atomic E-state index is 0.253. The fourth-order valence-electron chi connectivity index (χ4n) is 3.62. The molecule has 1 aliphatic heterocycles. The van der Waals surface area contributed by atoms with E-state index in [1.807, 2.05) is 35.2 Å². The van der Waals surface area contributed by atoms with Crippen molar-refractivity contribution in [2.45, 2.75) is 6.04 Å². The highest BCUT2D eigenvalue weighted by atomic mass is 19.1. The number of anilines is 1. The van der Waals surface area contributed by atoms with Crippen LogP contribution in [0.25, 0.3) is 10.9 Å². The predicted octanol–water partition coefficient (Wildman–Crippen LogP) is 3.25. The molecule has 26 heavy (non-hydrogen) atoms. The van der Waals surface area contributed by atoms with E-state index in [-0.39, 0.29) is 5.82 Å². The Hall–Kier alpha value is -2.86. The molecule has 2 aromatic carbocycles. The summed E-state index contributed by atoms with van der Waals surface area (Å²) in [4.78, 5) is 19.3. The van der Waals surface area contributed by atoms with Gasteiger partial charge in [0, 0.05) is 43.1 Å². The number of hydrogen-bond donors (Lipinski definition) is 2. The summed E-state index contributed by atoms with van der Waals surface area (Å²) in [5, 5.41) is 10.8. The van der Waals surface area contributed by atoms with E-state index in [9.17, 15) is 14.3 Å². The number of piperazine rings is 1. The SMILES string of the molecule is O=C(O)C(c1cc2ccccc2[nH]1)N1CCN(c2ccc(F)cc2)CC1. The number of aromatic nitrogens is 1. The van der Waals surface area contributed by atoms with Gasteiger partial charge in [-0.05, 0) is 41.8 Å². The standard InChI is InChI=1S/C20H20FN3O2/c21-15-5-7-16(8-6-15)23-9-11-24(12-10-23)19(20(25)26)18-13-14-3-1-2-4-17(14)22-18/h1-8,13,19,22H,9-12H2,(H,25,26). The van der Waals surface area contributed by atoms with Crippen molar-refractivity contribution in [2.24, 2.45) is 0 Å². The van der Waals surface area contributed by atoms with Crippen LogP contribution in [-0.2, 0) is 4.79 Å². The zero-order chi connectivity index (χ0) is 18.1. The quantitative estimate of drug-likeness (QED) is 0.756.